The van der Waals surface area contributed by atoms with E-state index in [4.69, 9.17) is 28.9 Å². The largest absolute Gasteiger partial charge is 0.771 e. The SMILES string of the molecule is C[C@@H]1C[C@H](C(=O)Nc2cc(C(CCC3CC3)(NCS(=O)[O-])c3ccncc3)ccc2F)N(C(=O)Nc2ccc(Cl)cn2)C1.C[C@@H]1C[C@H](C(=O)Nc2cc(C(N)(CCC3CC3)c3ccncc3)ccc2F)N(C(=O)Nc2ccc(Cl)cn2)C1. The zero-order valence-electron chi connectivity index (χ0n) is 45.3. The van der Waals surface area contributed by atoms with Gasteiger partial charge in [0, 0.05) is 50.3 Å². The second-order valence-electron chi connectivity index (χ2n) is 21.9. The first kappa shape index (κ1) is 59.6. The maximum absolute atomic E-state index is 15.2. The van der Waals surface area contributed by atoms with E-state index < -0.39 is 69.8 Å². The molecule has 7 atom stereocenters. The number of hydrogen-bond acceptors (Lipinski definition) is 12. The molecule has 2 aliphatic carbocycles. The van der Waals surface area contributed by atoms with Crippen LogP contribution in [0.3, 0.4) is 0 Å². The molecule has 432 valence electrons. The molecule has 7 N–H and O–H groups in total. The Balaban J connectivity index is 0.000000198. The van der Waals surface area contributed by atoms with Crippen molar-refractivity contribution in [3.05, 3.63) is 166 Å². The molecule has 23 heteroatoms. The van der Waals surface area contributed by atoms with Crippen molar-refractivity contribution in [1.82, 2.24) is 35.1 Å². The minimum Gasteiger partial charge on any atom is -0.771 e. The number of likely N-dealkylation sites (tertiary alicyclic amines) is 2. The van der Waals surface area contributed by atoms with E-state index in [9.17, 15) is 27.9 Å². The second kappa shape index (κ2) is 26.5. The maximum Gasteiger partial charge on any atom is 0.323 e. The van der Waals surface area contributed by atoms with Crippen molar-refractivity contribution in [3.8, 4) is 0 Å². The van der Waals surface area contributed by atoms with Gasteiger partial charge in [0.25, 0.3) is 0 Å². The van der Waals surface area contributed by atoms with Crippen LogP contribution in [-0.2, 0) is 31.7 Å². The molecule has 4 aromatic heterocycles. The summed E-state index contributed by atoms with van der Waals surface area (Å²) in [6.45, 7) is 4.62. The molecule has 2 aromatic carbocycles. The van der Waals surface area contributed by atoms with Crippen molar-refractivity contribution in [2.24, 2.45) is 29.4 Å². The highest BCUT2D eigenvalue weighted by Gasteiger charge is 2.42. The molecule has 3 unspecified atom stereocenters. The summed E-state index contributed by atoms with van der Waals surface area (Å²) in [6, 6.07) is 20.2. The Kier molecular flexibility index (Phi) is 19.3. The van der Waals surface area contributed by atoms with Gasteiger partial charge < -0.3 is 30.7 Å². The molecule has 0 bridgehead atoms. The van der Waals surface area contributed by atoms with Crippen LogP contribution in [-0.4, -0.2) is 93.4 Å². The van der Waals surface area contributed by atoms with Crippen molar-refractivity contribution in [2.75, 3.05) is 40.2 Å². The number of pyridine rings is 4. The Morgan fingerprint density at radius 3 is 1.54 bits per heavy atom. The average molecular weight is 1180 g/mol. The number of nitrogens with one attached hydrogen (secondary N) is 5. The minimum atomic E-state index is -2.38. The molecule has 6 heterocycles. The first-order valence-corrected chi connectivity index (χ1v) is 29.4. The maximum atomic E-state index is 15.2. The van der Waals surface area contributed by atoms with E-state index >= 15 is 8.78 Å². The van der Waals surface area contributed by atoms with E-state index in [0.717, 1.165) is 36.8 Å². The molecule has 18 nitrogen and oxygen atoms in total. The van der Waals surface area contributed by atoms with Gasteiger partial charge >= 0.3 is 12.1 Å². The van der Waals surface area contributed by atoms with Gasteiger partial charge in [0.15, 0.2) is 0 Å². The number of urea groups is 2. The van der Waals surface area contributed by atoms with Crippen LogP contribution in [0.2, 0.25) is 10.0 Å². The number of nitrogens with two attached hydrogens (primary N) is 1. The predicted octanol–water partition coefficient (Wildman–Crippen LogP) is 10.6. The quantitative estimate of drug-likeness (QED) is 0.0414. The third kappa shape index (κ3) is 15.0. The fourth-order valence-electron chi connectivity index (χ4n) is 10.9. The van der Waals surface area contributed by atoms with E-state index in [1.165, 1.54) is 47.2 Å². The number of anilines is 4. The van der Waals surface area contributed by atoms with Gasteiger partial charge in [-0.05, 0) is 168 Å². The van der Waals surface area contributed by atoms with Gasteiger partial charge in [0.05, 0.1) is 38.4 Å². The highest BCUT2D eigenvalue weighted by atomic mass is 35.5. The normalized spacial score (nSPS) is 20.3. The number of carbonyl (C=O) groups is 4. The van der Waals surface area contributed by atoms with Gasteiger partial charge in [-0.3, -0.25) is 39.7 Å². The molecular formula is C59H65Cl2F2N12O6S-. The smallest absolute Gasteiger partial charge is 0.323 e. The third-order valence-electron chi connectivity index (χ3n) is 15.7. The van der Waals surface area contributed by atoms with Crippen molar-refractivity contribution >= 4 is 81.2 Å². The average Bonchev–Trinajstić information content (AvgIpc) is 4.57. The highest BCUT2D eigenvalue weighted by Crippen LogP contribution is 2.43. The van der Waals surface area contributed by atoms with Gasteiger partial charge in [-0.2, -0.15) is 0 Å². The molecular weight excluding hydrogens is 1110 g/mol. The summed E-state index contributed by atoms with van der Waals surface area (Å²) in [6.07, 6.45) is 18.0. The molecule has 2 aliphatic heterocycles. The summed E-state index contributed by atoms with van der Waals surface area (Å²) < 4.78 is 53.6. The molecule has 6 aromatic rings. The van der Waals surface area contributed by atoms with Crippen LogP contribution in [0.4, 0.5) is 41.4 Å². The summed E-state index contributed by atoms with van der Waals surface area (Å²) >= 11 is 9.38. The number of rotatable bonds is 19. The van der Waals surface area contributed by atoms with Crippen molar-refractivity contribution in [1.29, 1.82) is 0 Å². The minimum absolute atomic E-state index is 0.0343. The molecule has 2 saturated heterocycles. The first-order valence-electron chi connectivity index (χ1n) is 27.4. The number of aromatic nitrogens is 4. The van der Waals surface area contributed by atoms with Crippen molar-refractivity contribution in [2.45, 2.75) is 101 Å². The Morgan fingerprint density at radius 1 is 0.634 bits per heavy atom. The van der Waals surface area contributed by atoms with Gasteiger partial charge in [0.1, 0.15) is 35.4 Å². The van der Waals surface area contributed by atoms with Crippen molar-refractivity contribution in [3.63, 3.8) is 0 Å². The molecule has 6 amide bonds. The number of hydrogen-bond donors (Lipinski definition) is 6. The molecule has 4 fully saturated rings. The molecule has 2 saturated carbocycles. The highest BCUT2D eigenvalue weighted by molar-refractivity contribution is 7.79. The Hall–Kier alpha value is -7.01. The van der Waals surface area contributed by atoms with E-state index in [-0.39, 0.29) is 34.9 Å². The molecule has 0 radical (unpaired) electrons. The summed E-state index contributed by atoms with van der Waals surface area (Å²) in [7, 11) is 0. The lowest BCUT2D eigenvalue weighted by Gasteiger charge is -2.37. The molecule has 10 rings (SSSR count). The van der Waals surface area contributed by atoms with Crippen LogP contribution < -0.4 is 32.3 Å². The Bertz CT molecular complexity index is 3250. The van der Waals surface area contributed by atoms with Crippen LogP contribution >= 0.6 is 23.2 Å². The van der Waals surface area contributed by atoms with Crippen LogP contribution in [0.25, 0.3) is 0 Å². The van der Waals surface area contributed by atoms with E-state index in [0.29, 0.717) is 77.6 Å². The van der Waals surface area contributed by atoms with Gasteiger partial charge in [-0.1, -0.05) is 74.9 Å². The third-order valence-corrected chi connectivity index (χ3v) is 16.5. The molecule has 0 spiro atoms. The van der Waals surface area contributed by atoms with Crippen LogP contribution in [0.15, 0.2) is 122 Å². The standard InChI is InChI=1S/C30H34ClFN6O4S.C29H32ClFN6O2/c1-19-14-26(38(17-19)29(40)37-27-7-5-23(31)16-34-27)28(39)36-25-15-22(4-6-24(25)32)30(35-18-43(41)42,11-8-20-2-3-20)21-9-12-33-13-10-21;1-18-14-25(37(17-18)28(39)36-26-7-5-22(30)16-34-26)27(38)35-24-15-21(4-6-23(24)31)29(32,11-8-19-2-3-19)20-9-12-33-13-10-20/h4-7,9-10,12-13,15-16,19-20,26,35H,2-3,8,11,14,17-18H2,1H3,(H,36,39)(H,41,42)(H,34,37,40);4-7,9-10,12-13,15-16,18-19,25H,2-3,8,11,14,17,32H2,1H3,(H,35,38)(H,34,36,39)/p-1/t19-,26-,30?;18-,25-,29?/m11/s1. The fraction of sp³-hybridized carbons (Fsp3) is 0.390. The molecule has 82 heavy (non-hydrogen) atoms. The number of carbonyl (C=O) groups excluding carboxylic acids is 4. The van der Waals surface area contributed by atoms with Crippen LogP contribution in [0, 0.1) is 35.3 Å². The zero-order chi connectivity index (χ0) is 58.1. The first-order chi connectivity index (χ1) is 39.4. The number of benzene rings is 2. The lowest BCUT2D eigenvalue weighted by molar-refractivity contribution is -0.120. The number of halogens is 4. The Morgan fingerprint density at radius 2 is 1.09 bits per heavy atom. The van der Waals surface area contributed by atoms with Gasteiger partial charge in [0.2, 0.25) is 11.8 Å². The summed E-state index contributed by atoms with van der Waals surface area (Å²) in [5.74, 6) is -0.578. The van der Waals surface area contributed by atoms with Crippen LogP contribution in [0.1, 0.15) is 100 Å². The topological polar surface area (TPSA) is 253 Å². The predicted molar refractivity (Wildman–Crippen MR) is 310 cm³/mol. The number of nitrogens with zero attached hydrogens (tertiary/aromatic N) is 6. The van der Waals surface area contributed by atoms with Crippen molar-refractivity contribution < 1.29 is 36.7 Å². The van der Waals surface area contributed by atoms with E-state index in [2.05, 4.69) is 46.5 Å². The Labute approximate surface area is 487 Å². The monoisotopic (exact) mass is 1180 g/mol. The lowest BCUT2D eigenvalue weighted by Crippen LogP contribution is -2.46. The summed E-state index contributed by atoms with van der Waals surface area (Å²) in [5.41, 5.74) is 8.11. The number of amides is 6. The fourth-order valence-corrected chi connectivity index (χ4v) is 11.4. The van der Waals surface area contributed by atoms with E-state index in [1.807, 2.05) is 26.0 Å². The second-order valence-corrected chi connectivity index (χ2v) is 23.7. The van der Waals surface area contributed by atoms with Crippen LogP contribution in [0.5, 0.6) is 0 Å². The zero-order valence-corrected chi connectivity index (χ0v) is 47.7. The van der Waals surface area contributed by atoms with E-state index in [1.54, 1.807) is 85.5 Å². The summed E-state index contributed by atoms with van der Waals surface area (Å²) in [5, 5.41) is 14.9. The van der Waals surface area contributed by atoms with Gasteiger partial charge in [-0.25, -0.2) is 28.3 Å². The van der Waals surface area contributed by atoms with Gasteiger partial charge in [-0.15, -0.1) is 0 Å². The lowest BCUT2D eigenvalue weighted by atomic mass is 9.79. The summed E-state index contributed by atoms with van der Waals surface area (Å²) in [4.78, 5) is 72.4. The molecule has 4 aliphatic rings.